The topological polar surface area (TPSA) is 105 Å². The fourth-order valence-corrected chi connectivity index (χ4v) is 3.35. The number of amides is 2. The van der Waals surface area contributed by atoms with E-state index in [0.29, 0.717) is 32.0 Å². The van der Waals surface area contributed by atoms with Crippen molar-refractivity contribution in [1.29, 1.82) is 0 Å². The molecule has 0 aromatic carbocycles. The van der Waals surface area contributed by atoms with E-state index in [1.807, 2.05) is 0 Å². The number of hydrogen-bond acceptors (Lipinski definition) is 7. The summed E-state index contributed by atoms with van der Waals surface area (Å²) in [6, 6.07) is 0.439. The fraction of sp³-hybridized carbons (Fsp3) is 0.800. The first-order valence-electron chi connectivity index (χ1n) is 8.57. The maximum atomic E-state index is 12.1. The average Bonchev–Trinajstić information content (AvgIpc) is 3.21. The molecule has 2 fully saturated rings. The second kappa shape index (κ2) is 7.87. The van der Waals surface area contributed by atoms with E-state index in [1.165, 1.54) is 11.0 Å². The van der Waals surface area contributed by atoms with E-state index in [-0.39, 0.29) is 24.0 Å². The summed E-state index contributed by atoms with van der Waals surface area (Å²) < 4.78 is 7.37. The zero-order chi connectivity index (χ0) is 17.8. The Labute approximate surface area is 146 Å². The number of carbonyl (C=O) groups excluding carboxylic acids is 2. The van der Waals surface area contributed by atoms with Crippen LogP contribution in [0, 0.1) is 0 Å². The predicted molar refractivity (Wildman–Crippen MR) is 87.4 cm³/mol. The molecule has 3 atom stereocenters. The van der Waals surface area contributed by atoms with Gasteiger partial charge in [0.05, 0.1) is 25.7 Å². The first-order valence-corrected chi connectivity index (χ1v) is 8.57. The highest BCUT2D eigenvalue weighted by Gasteiger charge is 2.38. The minimum Gasteiger partial charge on any atom is -0.375 e. The molecule has 1 aromatic rings. The summed E-state index contributed by atoms with van der Waals surface area (Å²) in [6.07, 6.45) is 3.06. The van der Waals surface area contributed by atoms with Crippen molar-refractivity contribution < 1.29 is 14.3 Å². The minimum absolute atomic E-state index is 0.000556. The van der Waals surface area contributed by atoms with Crippen molar-refractivity contribution >= 4 is 11.8 Å². The van der Waals surface area contributed by atoms with Gasteiger partial charge in [0, 0.05) is 45.7 Å². The lowest BCUT2D eigenvalue weighted by molar-refractivity contribution is -0.134. The molecule has 1 aromatic heterocycles. The Bertz CT molecular complexity index is 592. The molecule has 0 aliphatic carbocycles. The Kier molecular flexibility index (Phi) is 5.59. The normalized spacial score (nSPS) is 26.2. The molecule has 0 spiro atoms. The SMILES string of the molecule is CN(C)C(=O)C[C@H]1CN2C[C@@H](NC(=O)CCn3cnnn3)C[C@H]2CO1. The number of morpholine rings is 1. The van der Waals surface area contributed by atoms with Gasteiger partial charge in [0.15, 0.2) is 0 Å². The van der Waals surface area contributed by atoms with E-state index in [1.54, 1.807) is 19.0 Å². The van der Waals surface area contributed by atoms with Crippen LogP contribution in [0.4, 0.5) is 0 Å². The third kappa shape index (κ3) is 4.73. The van der Waals surface area contributed by atoms with E-state index >= 15 is 0 Å². The molecule has 0 saturated carbocycles. The number of fused-ring (bicyclic) bond motifs is 1. The van der Waals surface area contributed by atoms with Crippen molar-refractivity contribution in [2.45, 2.75) is 44.0 Å². The summed E-state index contributed by atoms with van der Waals surface area (Å²) in [5, 5.41) is 13.9. The van der Waals surface area contributed by atoms with Gasteiger partial charge in [-0.2, -0.15) is 0 Å². The number of nitrogens with one attached hydrogen (secondary N) is 1. The first-order chi connectivity index (χ1) is 12.0. The number of tetrazole rings is 1. The van der Waals surface area contributed by atoms with Gasteiger partial charge in [-0.05, 0) is 16.8 Å². The molecule has 2 saturated heterocycles. The second-order valence-electron chi connectivity index (χ2n) is 6.88. The quantitative estimate of drug-likeness (QED) is 0.665. The lowest BCUT2D eigenvalue weighted by Crippen LogP contribution is -2.47. The number of carbonyl (C=O) groups is 2. The van der Waals surface area contributed by atoms with E-state index in [2.05, 4.69) is 25.7 Å². The molecule has 0 unspecified atom stereocenters. The molecule has 2 aliphatic heterocycles. The molecule has 10 nitrogen and oxygen atoms in total. The molecule has 2 amide bonds. The van der Waals surface area contributed by atoms with Crippen LogP contribution in [0.15, 0.2) is 6.33 Å². The molecule has 0 bridgehead atoms. The number of rotatable bonds is 6. The Balaban J connectivity index is 1.42. The van der Waals surface area contributed by atoms with Gasteiger partial charge in [-0.3, -0.25) is 14.5 Å². The molecular formula is C15H25N7O3. The van der Waals surface area contributed by atoms with E-state index in [0.717, 1.165) is 19.5 Å². The number of ether oxygens (including phenoxy) is 1. The summed E-state index contributed by atoms with van der Waals surface area (Å²) >= 11 is 0. The highest BCUT2D eigenvalue weighted by molar-refractivity contribution is 5.76. The van der Waals surface area contributed by atoms with Gasteiger partial charge in [-0.15, -0.1) is 5.10 Å². The van der Waals surface area contributed by atoms with Crippen molar-refractivity contribution in [3.8, 4) is 0 Å². The minimum atomic E-state index is -0.0691. The standard InChI is InChI=1S/C15H25N7O3/c1-20(2)15(24)6-13-8-21-7-11(5-12(21)9-25-13)17-14(23)3-4-22-10-16-18-19-22/h10-13H,3-9H2,1-2H3,(H,17,23)/t11-,12-,13-/m0/s1. The third-order valence-electron chi connectivity index (χ3n) is 4.72. The van der Waals surface area contributed by atoms with Crippen molar-refractivity contribution in [2.24, 2.45) is 0 Å². The second-order valence-corrected chi connectivity index (χ2v) is 6.88. The van der Waals surface area contributed by atoms with Crippen LogP contribution in [-0.2, 0) is 20.9 Å². The van der Waals surface area contributed by atoms with Crippen LogP contribution in [0.25, 0.3) is 0 Å². The van der Waals surface area contributed by atoms with Crippen LogP contribution < -0.4 is 5.32 Å². The van der Waals surface area contributed by atoms with Gasteiger partial charge >= 0.3 is 0 Å². The number of nitrogens with zero attached hydrogens (tertiary/aromatic N) is 6. The van der Waals surface area contributed by atoms with Crippen LogP contribution in [0.5, 0.6) is 0 Å². The Morgan fingerprint density at radius 2 is 2.20 bits per heavy atom. The van der Waals surface area contributed by atoms with Crippen LogP contribution in [-0.4, -0.2) is 93.8 Å². The number of hydrogen-bond donors (Lipinski definition) is 1. The zero-order valence-electron chi connectivity index (χ0n) is 14.7. The largest absolute Gasteiger partial charge is 0.375 e. The summed E-state index contributed by atoms with van der Waals surface area (Å²) in [5.74, 6) is 0.0794. The molecule has 10 heteroatoms. The number of aromatic nitrogens is 4. The third-order valence-corrected chi connectivity index (χ3v) is 4.72. The van der Waals surface area contributed by atoms with Gasteiger partial charge in [0.1, 0.15) is 6.33 Å². The van der Waals surface area contributed by atoms with Crippen LogP contribution in [0.2, 0.25) is 0 Å². The van der Waals surface area contributed by atoms with E-state index in [9.17, 15) is 9.59 Å². The molecule has 1 N–H and O–H groups in total. The monoisotopic (exact) mass is 351 g/mol. The van der Waals surface area contributed by atoms with Gasteiger partial charge < -0.3 is 15.0 Å². The summed E-state index contributed by atoms with van der Waals surface area (Å²) in [5.41, 5.74) is 0. The summed E-state index contributed by atoms with van der Waals surface area (Å²) in [4.78, 5) is 27.8. The molecule has 25 heavy (non-hydrogen) atoms. The molecule has 0 radical (unpaired) electrons. The lowest BCUT2D eigenvalue weighted by Gasteiger charge is -2.35. The van der Waals surface area contributed by atoms with Crippen molar-refractivity contribution in [3.05, 3.63) is 6.33 Å². The molecule has 138 valence electrons. The lowest BCUT2D eigenvalue weighted by atomic mass is 10.1. The smallest absolute Gasteiger partial charge is 0.224 e. The Hall–Kier alpha value is -2.07. The van der Waals surface area contributed by atoms with Gasteiger partial charge in [0.2, 0.25) is 11.8 Å². The molecular weight excluding hydrogens is 326 g/mol. The van der Waals surface area contributed by atoms with Crippen molar-refractivity contribution in [3.63, 3.8) is 0 Å². The van der Waals surface area contributed by atoms with Crippen LogP contribution in [0.1, 0.15) is 19.3 Å². The van der Waals surface area contributed by atoms with Gasteiger partial charge in [0.25, 0.3) is 0 Å². The highest BCUT2D eigenvalue weighted by atomic mass is 16.5. The van der Waals surface area contributed by atoms with Crippen molar-refractivity contribution in [2.75, 3.05) is 33.8 Å². The first kappa shape index (κ1) is 17.7. The summed E-state index contributed by atoms with van der Waals surface area (Å²) in [6.45, 7) is 2.62. The Morgan fingerprint density at radius 3 is 2.92 bits per heavy atom. The molecule has 3 rings (SSSR count). The van der Waals surface area contributed by atoms with E-state index in [4.69, 9.17) is 4.74 Å². The maximum absolute atomic E-state index is 12.1. The van der Waals surface area contributed by atoms with E-state index < -0.39 is 0 Å². The molecule has 2 aliphatic rings. The van der Waals surface area contributed by atoms with Gasteiger partial charge in [-0.25, -0.2) is 4.68 Å². The van der Waals surface area contributed by atoms with Crippen LogP contribution in [0.3, 0.4) is 0 Å². The maximum Gasteiger partial charge on any atom is 0.224 e. The number of aryl methyl sites for hydroxylation is 1. The average molecular weight is 351 g/mol. The highest BCUT2D eigenvalue weighted by Crippen LogP contribution is 2.24. The molecule has 3 heterocycles. The van der Waals surface area contributed by atoms with Gasteiger partial charge in [-0.1, -0.05) is 0 Å². The van der Waals surface area contributed by atoms with Crippen molar-refractivity contribution in [1.82, 2.24) is 35.3 Å². The Morgan fingerprint density at radius 1 is 1.36 bits per heavy atom. The predicted octanol–water partition coefficient (Wildman–Crippen LogP) is -1.50. The fourth-order valence-electron chi connectivity index (χ4n) is 3.35. The zero-order valence-corrected chi connectivity index (χ0v) is 14.7. The summed E-state index contributed by atoms with van der Waals surface area (Å²) in [7, 11) is 3.51. The van der Waals surface area contributed by atoms with Crippen LogP contribution >= 0.6 is 0 Å².